The third-order valence-corrected chi connectivity index (χ3v) is 7.40. The number of anilines is 1. The van der Waals surface area contributed by atoms with E-state index in [0.29, 0.717) is 11.5 Å². The van der Waals surface area contributed by atoms with E-state index in [0.717, 1.165) is 44.1 Å². The Kier molecular flexibility index (Phi) is 5.81. The molecule has 33 heavy (non-hydrogen) atoms. The molecule has 4 aromatic heterocycles. The highest BCUT2D eigenvalue weighted by Gasteiger charge is 2.24. The topological polar surface area (TPSA) is 91.8 Å². The Morgan fingerprint density at radius 3 is 2.70 bits per heavy atom. The second kappa shape index (κ2) is 8.91. The summed E-state index contributed by atoms with van der Waals surface area (Å²) in [6.07, 6.45) is 8.40. The van der Waals surface area contributed by atoms with E-state index in [2.05, 4.69) is 53.5 Å². The maximum absolute atomic E-state index is 9.15. The average Bonchev–Trinajstić information content (AvgIpc) is 3.46. The van der Waals surface area contributed by atoms with E-state index < -0.39 is 0 Å². The Labute approximate surface area is 197 Å². The van der Waals surface area contributed by atoms with Crippen molar-refractivity contribution < 1.29 is 0 Å². The molecule has 168 valence electrons. The van der Waals surface area contributed by atoms with Crippen LogP contribution in [0.2, 0.25) is 0 Å². The second-order valence-corrected chi connectivity index (χ2v) is 10.2. The average molecular weight is 458 g/mol. The highest BCUT2D eigenvalue weighted by atomic mass is 32.1. The Hall–Kier alpha value is -3.31. The SMILES string of the molecule is CC1CCC(c2nnc(-c3cnc(-c4ccc5cc(C#N)cnn45)cc3NC(C)C)s2)CC1. The fourth-order valence-electron chi connectivity index (χ4n) is 4.47. The second-order valence-electron chi connectivity index (χ2n) is 9.23. The monoisotopic (exact) mass is 457 g/mol. The molecule has 4 aromatic rings. The minimum absolute atomic E-state index is 0.256. The number of hydrogen-bond donors (Lipinski definition) is 1. The summed E-state index contributed by atoms with van der Waals surface area (Å²) in [5, 5.41) is 28.3. The number of nitrogens with one attached hydrogen (secondary N) is 1. The first-order chi connectivity index (χ1) is 16.0. The van der Waals surface area contributed by atoms with Crippen molar-refractivity contribution in [2.75, 3.05) is 5.32 Å². The van der Waals surface area contributed by atoms with Crippen LogP contribution in [0.3, 0.4) is 0 Å². The number of hydrogen-bond acceptors (Lipinski definition) is 7. The third-order valence-electron chi connectivity index (χ3n) is 6.28. The summed E-state index contributed by atoms with van der Waals surface area (Å²) in [5.74, 6) is 1.34. The van der Waals surface area contributed by atoms with Crippen molar-refractivity contribution in [3.8, 4) is 28.0 Å². The van der Waals surface area contributed by atoms with Gasteiger partial charge in [-0.1, -0.05) is 31.1 Å². The number of rotatable bonds is 5. The van der Waals surface area contributed by atoms with Crippen LogP contribution in [0.1, 0.15) is 62.9 Å². The first-order valence-electron chi connectivity index (χ1n) is 11.5. The smallest absolute Gasteiger partial charge is 0.151 e. The lowest BCUT2D eigenvalue weighted by Gasteiger charge is -2.23. The molecule has 7 nitrogen and oxygen atoms in total. The predicted octanol–water partition coefficient (Wildman–Crippen LogP) is 5.90. The van der Waals surface area contributed by atoms with Gasteiger partial charge in [0.15, 0.2) is 5.01 Å². The minimum atomic E-state index is 0.256. The normalized spacial score (nSPS) is 18.5. The van der Waals surface area contributed by atoms with Crippen LogP contribution < -0.4 is 5.32 Å². The van der Waals surface area contributed by atoms with E-state index >= 15 is 0 Å². The van der Waals surface area contributed by atoms with Crippen molar-refractivity contribution in [3.05, 3.63) is 47.2 Å². The van der Waals surface area contributed by atoms with Gasteiger partial charge in [-0.3, -0.25) is 4.98 Å². The quantitative estimate of drug-likeness (QED) is 0.401. The molecule has 1 fully saturated rings. The van der Waals surface area contributed by atoms with Gasteiger partial charge in [-0.05, 0) is 56.9 Å². The number of pyridine rings is 1. The molecule has 0 radical (unpaired) electrons. The van der Waals surface area contributed by atoms with E-state index in [-0.39, 0.29) is 6.04 Å². The number of nitriles is 1. The van der Waals surface area contributed by atoms with Gasteiger partial charge in [-0.2, -0.15) is 10.4 Å². The van der Waals surface area contributed by atoms with Crippen molar-refractivity contribution in [1.82, 2.24) is 24.8 Å². The number of aromatic nitrogens is 5. The Morgan fingerprint density at radius 2 is 1.94 bits per heavy atom. The molecule has 0 bridgehead atoms. The van der Waals surface area contributed by atoms with Gasteiger partial charge in [0.2, 0.25) is 0 Å². The van der Waals surface area contributed by atoms with Crippen molar-refractivity contribution >= 4 is 22.5 Å². The van der Waals surface area contributed by atoms with Crippen LogP contribution in [0.15, 0.2) is 36.7 Å². The van der Waals surface area contributed by atoms with Crippen molar-refractivity contribution in [1.29, 1.82) is 5.26 Å². The van der Waals surface area contributed by atoms with Gasteiger partial charge in [0, 0.05) is 23.8 Å². The van der Waals surface area contributed by atoms with Gasteiger partial charge in [0.1, 0.15) is 11.1 Å². The molecule has 0 amide bonds. The van der Waals surface area contributed by atoms with Gasteiger partial charge >= 0.3 is 0 Å². The van der Waals surface area contributed by atoms with Crippen LogP contribution in [0.5, 0.6) is 0 Å². The van der Waals surface area contributed by atoms with Crippen LogP contribution in [0, 0.1) is 17.2 Å². The molecule has 0 saturated heterocycles. The number of fused-ring (bicyclic) bond motifs is 1. The van der Waals surface area contributed by atoms with E-state index in [1.165, 1.54) is 25.7 Å². The lowest BCUT2D eigenvalue weighted by Crippen LogP contribution is -2.11. The molecular formula is C25H27N7S. The summed E-state index contributed by atoms with van der Waals surface area (Å²) < 4.78 is 1.81. The molecule has 0 spiro atoms. The zero-order chi connectivity index (χ0) is 22.9. The molecule has 1 saturated carbocycles. The molecule has 8 heteroatoms. The Balaban J connectivity index is 1.50. The summed E-state index contributed by atoms with van der Waals surface area (Å²) in [4.78, 5) is 4.76. The summed E-state index contributed by atoms with van der Waals surface area (Å²) >= 11 is 1.69. The predicted molar refractivity (Wildman–Crippen MR) is 131 cm³/mol. The highest BCUT2D eigenvalue weighted by Crippen LogP contribution is 2.40. The van der Waals surface area contributed by atoms with Crippen molar-refractivity contribution in [2.24, 2.45) is 5.92 Å². The van der Waals surface area contributed by atoms with Crippen LogP contribution >= 0.6 is 11.3 Å². The van der Waals surface area contributed by atoms with Gasteiger partial charge in [-0.25, -0.2) is 4.52 Å². The molecular weight excluding hydrogens is 430 g/mol. The van der Waals surface area contributed by atoms with Crippen LogP contribution in [0.4, 0.5) is 5.69 Å². The summed E-state index contributed by atoms with van der Waals surface area (Å²) in [6, 6.07) is 10.2. The first kappa shape index (κ1) is 21.5. The molecule has 1 aliphatic carbocycles. The number of nitrogens with zero attached hydrogens (tertiary/aromatic N) is 6. The van der Waals surface area contributed by atoms with Gasteiger partial charge < -0.3 is 5.32 Å². The summed E-state index contributed by atoms with van der Waals surface area (Å²) in [7, 11) is 0. The molecule has 0 atom stereocenters. The molecule has 1 N–H and O–H groups in total. The first-order valence-corrected chi connectivity index (χ1v) is 12.3. The lowest BCUT2D eigenvalue weighted by atomic mass is 9.83. The molecule has 4 heterocycles. The van der Waals surface area contributed by atoms with Crippen LogP contribution in [0.25, 0.3) is 27.5 Å². The zero-order valence-electron chi connectivity index (χ0n) is 19.1. The van der Waals surface area contributed by atoms with E-state index in [9.17, 15) is 0 Å². The van der Waals surface area contributed by atoms with E-state index in [1.807, 2.05) is 28.9 Å². The lowest BCUT2D eigenvalue weighted by molar-refractivity contribution is 0.346. The molecule has 0 aliphatic heterocycles. The maximum atomic E-state index is 9.15. The van der Waals surface area contributed by atoms with E-state index in [1.54, 1.807) is 17.5 Å². The minimum Gasteiger partial charge on any atom is -0.382 e. The third kappa shape index (κ3) is 4.33. The molecule has 5 rings (SSSR count). The van der Waals surface area contributed by atoms with Crippen molar-refractivity contribution in [2.45, 2.75) is 58.4 Å². The fraction of sp³-hybridized carbons (Fsp3) is 0.400. The van der Waals surface area contributed by atoms with Gasteiger partial charge in [0.05, 0.1) is 34.2 Å². The Morgan fingerprint density at radius 1 is 1.12 bits per heavy atom. The van der Waals surface area contributed by atoms with E-state index in [4.69, 9.17) is 10.2 Å². The van der Waals surface area contributed by atoms with Crippen molar-refractivity contribution in [3.63, 3.8) is 0 Å². The fourth-order valence-corrected chi connectivity index (χ4v) is 5.50. The summed E-state index contributed by atoms with van der Waals surface area (Å²) in [5.41, 5.74) is 5.05. The summed E-state index contributed by atoms with van der Waals surface area (Å²) in [6.45, 7) is 6.58. The van der Waals surface area contributed by atoms with Gasteiger partial charge in [-0.15, -0.1) is 10.2 Å². The maximum Gasteiger partial charge on any atom is 0.151 e. The zero-order valence-corrected chi connectivity index (χ0v) is 19.9. The highest BCUT2D eigenvalue weighted by molar-refractivity contribution is 7.14. The standard InChI is InChI=1S/C25H27N7S/c1-15(2)29-21-11-22(23-9-8-19-10-17(12-26)13-28-32(19)23)27-14-20(21)25-31-30-24(33-25)18-6-4-16(3)5-7-18/h8-11,13-16,18H,4-7H2,1-3H3,(H,27,29). The largest absolute Gasteiger partial charge is 0.382 e. The van der Waals surface area contributed by atoms with Crippen LogP contribution in [-0.2, 0) is 0 Å². The van der Waals surface area contributed by atoms with Gasteiger partial charge in [0.25, 0.3) is 0 Å². The molecule has 0 aromatic carbocycles. The Bertz CT molecular complexity index is 1320. The molecule has 1 aliphatic rings. The van der Waals surface area contributed by atoms with Crippen LogP contribution in [-0.4, -0.2) is 30.8 Å². The molecule has 0 unspecified atom stereocenters.